The zero-order chi connectivity index (χ0) is 12.3. The van der Waals surface area contributed by atoms with Crippen LogP contribution in [0.1, 0.15) is 20.7 Å². The second-order valence-electron chi connectivity index (χ2n) is 2.97. The lowest BCUT2D eigenvalue weighted by atomic mass is 10.0. The molecule has 0 aliphatic carbocycles. The van der Waals surface area contributed by atoms with Gasteiger partial charge in [-0.2, -0.15) is 0 Å². The molecule has 0 bridgehead atoms. The number of alkyl halides is 1. The van der Waals surface area contributed by atoms with Crippen LogP contribution in [0.3, 0.4) is 0 Å². The fraction of sp³-hybridized carbons (Fsp3) is 0.200. The lowest BCUT2D eigenvalue weighted by molar-refractivity contribution is 0.0596. The van der Waals surface area contributed by atoms with Crippen molar-refractivity contribution >= 4 is 29.0 Å². The largest absolute Gasteiger partial charge is 0.505 e. The van der Waals surface area contributed by atoms with Crippen LogP contribution in [0.25, 0.3) is 0 Å². The van der Waals surface area contributed by atoms with E-state index in [9.17, 15) is 14.7 Å². The van der Waals surface area contributed by atoms with Gasteiger partial charge in [-0.25, -0.2) is 4.79 Å². The summed E-state index contributed by atoms with van der Waals surface area (Å²) in [6, 6.07) is 2.62. The lowest BCUT2D eigenvalue weighted by Crippen LogP contribution is -2.12. The number of phenols is 1. The molecule has 6 heteroatoms. The molecule has 86 valence electrons. The summed E-state index contributed by atoms with van der Waals surface area (Å²) in [6.07, 6.45) is 0. The Balaban J connectivity index is 3.44. The molecule has 0 saturated heterocycles. The first-order valence-corrected chi connectivity index (χ1v) is 4.85. The van der Waals surface area contributed by atoms with Crippen LogP contribution in [-0.2, 0) is 4.74 Å². The van der Waals surface area contributed by atoms with E-state index < -0.39 is 17.5 Å². The molecule has 0 unspecified atom stereocenters. The van der Waals surface area contributed by atoms with E-state index in [2.05, 4.69) is 4.74 Å². The average molecular weight is 244 g/mol. The van der Waals surface area contributed by atoms with Crippen LogP contribution in [0.2, 0.25) is 0 Å². The molecule has 0 heterocycles. The Hall–Kier alpha value is -1.75. The number of carbonyl (C=O) groups is 2. The normalized spacial score (nSPS) is 9.88. The molecule has 0 radical (unpaired) electrons. The monoisotopic (exact) mass is 243 g/mol. The third kappa shape index (κ3) is 2.09. The van der Waals surface area contributed by atoms with Crippen molar-refractivity contribution in [1.82, 2.24) is 0 Å². The van der Waals surface area contributed by atoms with Gasteiger partial charge in [-0.05, 0) is 12.1 Å². The molecule has 3 N–H and O–H groups in total. The number of halogens is 1. The minimum atomic E-state index is -0.733. The van der Waals surface area contributed by atoms with E-state index in [4.69, 9.17) is 17.3 Å². The van der Waals surface area contributed by atoms with Gasteiger partial charge in [0, 0.05) is 0 Å². The number of nitrogen functional groups attached to an aromatic ring is 1. The van der Waals surface area contributed by atoms with Gasteiger partial charge >= 0.3 is 5.97 Å². The highest BCUT2D eigenvalue weighted by Gasteiger charge is 2.22. The molecule has 0 aliphatic heterocycles. The molecular weight excluding hydrogens is 234 g/mol. The minimum Gasteiger partial charge on any atom is -0.505 e. The molecule has 1 rings (SSSR count). The first-order chi connectivity index (χ1) is 7.52. The van der Waals surface area contributed by atoms with Crippen LogP contribution < -0.4 is 5.73 Å². The van der Waals surface area contributed by atoms with Gasteiger partial charge in [0.15, 0.2) is 5.78 Å². The summed E-state index contributed by atoms with van der Waals surface area (Å²) >= 11 is 5.38. The molecule has 0 spiro atoms. The van der Waals surface area contributed by atoms with Crippen molar-refractivity contribution in [2.45, 2.75) is 0 Å². The van der Waals surface area contributed by atoms with E-state index >= 15 is 0 Å². The van der Waals surface area contributed by atoms with E-state index in [1.165, 1.54) is 19.2 Å². The second kappa shape index (κ2) is 4.85. The number of rotatable bonds is 3. The Morgan fingerprint density at radius 3 is 2.62 bits per heavy atom. The molecular formula is C10H10ClNO4. The number of phenolic OH excluding ortho intramolecular Hbond substituents is 1. The number of carbonyl (C=O) groups excluding carboxylic acids is 2. The molecule has 1 aromatic rings. The Morgan fingerprint density at radius 1 is 1.50 bits per heavy atom. The number of Topliss-reactive ketones (excluding diaryl/α,β-unsaturated/α-hetero) is 1. The number of benzene rings is 1. The van der Waals surface area contributed by atoms with Crippen LogP contribution in [0.15, 0.2) is 12.1 Å². The quantitative estimate of drug-likeness (QED) is 0.274. The number of methoxy groups -OCH3 is 1. The first-order valence-electron chi connectivity index (χ1n) is 4.31. The fourth-order valence-corrected chi connectivity index (χ4v) is 1.37. The summed E-state index contributed by atoms with van der Waals surface area (Å²) < 4.78 is 4.48. The Morgan fingerprint density at radius 2 is 2.12 bits per heavy atom. The van der Waals surface area contributed by atoms with E-state index in [0.717, 1.165) is 0 Å². The van der Waals surface area contributed by atoms with Crippen LogP contribution >= 0.6 is 11.6 Å². The molecule has 0 amide bonds. The van der Waals surface area contributed by atoms with E-state index in [1.807, 2.05) is 0 Å². The predicted octanol–water partition coefficient (Wildman–Crippen LogP) is 1.18. The molecule has 0 aliphatic rings. The van der Waals surface area contributed by atoms with E-state index in [0.29, 0.717) is 0 Å². The van der Waals surface area contributed by atoms with Crippen molar-refractivity contribution in [3.63, 3.8) is 0 Å². The van der Waals surface area contributed by atoms with Crippen molar-refractivity contribution in [3.8, 4) is 5.75 Å². The van der Waals surface area contributed by atoms with Crippen molar-refractivity contribution in [1.29, 1.82) is 0 Å². The maximum atomic E-state index is 11.5. The van der Waals surface area contributed by atoms with E-state index in [1.54, 1.807) is 0 Å². The number of nitrogens with two attached hydrogens (primary N) is 1. The zero-order valence-electron chi connectivity index (χ0n) is 8.49. The molecule has 0 atom stereocenters. The molecule has 5 nitrogen and oxygen atoms in total. The summed E-state index contributed by atoms with van der Waals surface area (Å²) in [6.45, 7) is 0. The molecule has 0 saturated carbocycles. The summed E-state index contributed by atoms with van der Waals surface area (Å²) in [5.74, 6) is -2.13. The lowest BCUT2D eigenvalue weighted by Gasteiger charge is -2.09. The Bertz CT molecular complexity index is 445. The number of ketones is 1. The highest BCUT2D eigenvalue weighted by molar-refractivity contribution is 6.32. The summed E-state index contributed by atoms with van der Waals surface area (Å²) in [5, 5.41) is 9.61. The zero-order valence-corrected chi connectivity index (χ0v) is 9.25. The van der Waals surface area contributed by atoms with Gasteiger partial charge in [0.05, 0.1) is 29.8 Å². The van der Waals surface area contributed by atoms with Crippen LogP contribution in [0, 0.1) is 0 Å². The molecule has 0 aromatic heterocycles. The van der Waals surface area contributed by atoms with Crippen molar-refractivity contribution < 1.29 is 19.4 Å². The molecule has 0 fully saturated rings. The van der Waals surface area contributed by atoms with Gasteiger partial charge in [0.1, 0.15) is 5.75 Å². The van der Waals surface area contributed by atoms with Gasteiger partial charge in [-0.15, -0.1) is 11.6 Å². The van der Waals surface area contributed by atoms with Crippen LogP contribution in [-0.4, -0.2) is 29.8 Å². The third-order valence-corrected chi connectivity index (χ3v) is 2.26. The van der Waals surface area contributed by atoms with Gasteiger partial charge in [-0.3, -0.25) is 4.79 Å². The van der Waals surface area contributed by atoms with Gasteiger partial charge in [-0.1, -0.05) is 0 Å². The number of hydrogen-bond acceptors (Lipinski definition) is 5. The Labute approximate surface area is 96.8 Å². The number of esters is 1. The highest BCUT2D eigenvalue weighted by atomic mass is 35.5. The van der Waals surface area contributed by atoms with Crippen molar-refractivity contribution in [2.75, 3.05) is 18.7 Å². The molecule has 16 heavy (non-hydrogen) atoms. The summed E-state index contributed by atoms with van der Waals surface area (Å²) in [4.78, 5) is 22.8. The molecule has 1 aromatic carbocycles. The number of hydrogen-bond donors (Lipinski definition) is 2. The number of aromatic hydroxyl groups is 1. The van der Waals surface area contributed by atoms with Crippen LogP contribution in [0.4, 0.5) is 5.69 Å². The van der Waals surface area contributed by atoms with Gasteiger partial charge in [0.25, 0.3) is 0 Å². The number of anilines is 1. The van der Waals surface area contributed by atoms with Crippen molar-refractivity contribution in [3.05, 3.63) is 23.3 Å². The summed E-state index contributed by atoms with van der Waals surface area (Å²) in [7, 11) is 1.17. The topological polar surface area (TPSA) is 89.6 Å². The van der Waals surface area contributed by atoms with Crippen molar-refractivity contribution in [2.24, 2.45) is 0 Å². The standard InChI is InChI=1S/C10H10ClNO4/c1-16-10(15)5-2-3-6(12)9(14)8(5)7(13)4-11/h2-3,14H,4,12H2,1H3. The van der Waals surface area contributed by atoms with E-state index in [-0.39, 0.29) is 22.7 Å². The first kappa shape index (κ1) is 12.3. The Kier molecular flexibility index (Phi) is 3.73. The average Bonchev–Trinajstić information content (AvgIpc) is 2.30. The smallest absolute Gasteiger partial charge is 0.338 e. The maximum Gasteiger partial charge on any atom is 0.338 e. The maximum absolute atomic E-state index is 11.5. The highest BCUT2D eigenvalue weighted by Crippen LogP contribution is 2.29. The third-order valence-electron chi connectivity index (χ3n) is 2.01. The SMILES string of the molecule is COC(=O)c1ccc(N)c(O)c1C(=O)CCl. The second-order valence-corrected chi connectivity index (χ2v) is 3.24. The summed E-state index contributed by atoms with van der Waals surface area (Å²) in [5.41, 5.74) is 5.16. The predicted molar refractivity (Wildman–Crippen MR) is 58.9 cm³/mol. The van der Waals surface area contributed by atoms with Crippen LogP contribution in [0.5, 0.6) is 5.75 Å². The fourth-order valence-electron chi connectivity index (χ4n) is 1.24. The minimum absolute atomic E-state index is 0.00104. The number of ether oxygens (including phenoxy) is 1. The van der Waals surface area contributed by atoms with Gasteiger partial charge in [0.2, 0.25) is 0 Å². The van der Waals surface area contributed by atoms with Gasteiger partial charge < -0.3 is 15.6 Å².